The first-order valence-corrected chi connectivity index (χ1v) is 9.19. The zero-order chi connectivity index (χ0) is 16.9. The van der Waals surface area contributed by atoms with Crippen molar-refractivity contribution in [2.75, 3.05) is 37.7 Å². The Hall–Kier alpha value is -1.75. The van der Waals surface area contributed by atoms with Crippen LogP contribution in [0.5, 0.6) is 5.75 Å². The van der Waals surface area contributed by atoms with Gasteiger partial charge in [-0.25, -0.2) is 0 Å². The van der Waals surface area contributed by atoms with E-state index in [-0.39, 0.29) is 11.9 Å². The van der Waals surface area contributed by atoms with Crippen LogP contribution in [0, 0.1) is 5.92 Å². The molecule has 5 nitrogen and oxygen atoms in total. The Balaban J connectivity index is 1.55. The van der Waals surface area contributed by atoms with Crippen molar-refractivity contribution in [3.05, 3.63) is 24.3 Å². The molecule has 0 spiro atoms. The van der Waals surface area contributed by atoms with Crippen molar-refractivity contribution in [2.45, 2.75) is 38.6 Å². The van der Waals surface area contributed by atoms with Crippen LogP contribution in [0.2, 0.25) is 0 Å². The van der Waals surface area contributed by atoms with E-state index in [9.17, 15) is 4.79 Å². The highest BCUT2D eigenvalue weighted by molar-refractivity contribution is 5.77. The zero-order valence-electron chi connectivity index (χ0n) is 14.6. The first kappa shape index (κ1) is 17.1. The lowest BCUT2D eigenvalue weighted by Crippen LogP contribution is -2.49. The molecule has 1 aromatic carbocycles. The predicted molar refractivity (Wildman–Crippen MR) is 96.3 cm³/mol. The highest BCUT2D eigenvalue weighted by Crippen LogP contribution is 2.30. The summed E-state index contributed by atoms with van der Waals surface area (Å²) < 4.78 is 5.73. The second kappa shape index (κ2) is 7.88. The fraction of sp³-hybridized carbons (Fsp3) is 0.632. The minimum absolute atomic E-state index is 0.216. The number of ether oxygens (including phenoxy) is 1. The molecule has 0 radical (unpaired) electrons. The summed E-state index contributed by atoms with van der Waals surface area (Å²) in [7, 11) is 0. The number of para-hydroxylation sites is 2. The van der Waals surface area contributed by atoms with Crippen LogP contribution in [-0.2, 0) is 4.79 Å². The smallest absolute Gasteiger partial charge is 0.223 e. The van der Waals surface area contributed by atoms with Crippen LogP contribution >= 0.6 is 0 Å². The molecule has 2 atom stereocenters. The number of nitrogens with two attached hydrogens (primary N) is 1. The van der Waals surface area contributed by atoms with Crippen molar-refractivity contribution in [3.63, 3.8) is 0 Å². The molecular formula is C19H29N3O2. The highest BCUT2D eigenvalue weighted by atomic mass is 16.5. The van der Waals surface area contributed by atoms with Crippen LogP contribution in [0.4, 0.5) is 5.69 Å². The largest absolute Gasteiger partial charge is 0.492 e. The van der Waals surface area contributed by atoms with Gasteiger partial charge >= 0.3 is 0 Å². The number of hydrogen-bond acceptors (Lipinski definition) is 4. The SMILES string of the molecule is CCOc1ccccc1N1CCN(C(=O)C[C@@H]2CCC[C@H]2N)CC1. The Morgan fingerprint density at radius 1 is 1.21 bits per heavy atom. The van der Waals surface area contributed by atoms with E-state index >= 15 is 0 Å². The molecule has 1 aromatic rings. The summed E-state index contributed by atoms with van der Waals surface area (Å²) in [4.78, 5) is 16.9. The van der Waals surface area contributed by atoms with Gasteiger partial charge in [-0.05, 0) is 37.8 Å². The summed E-state index contributed by atoms with van der Waals surface area (Å²) in [5.41, 5.74) is 7.24. The highest BCUT2D eigenvalue weighted by Gasteiger charge is 2.29. The van der Waals surface area contributed by atoms with Gasteiger partial charge in [0.15, 0.2) is 0 Å². The van der Waals surface area contributed by atoms with Crippen LogP contribution in [0.3, 0.4) is 0 Å². The minimum atomic E-state index is 0.216. The molecule has 1 aliphatic carbocycles. The number of benzene rings is 1. The average molecular weight is 331 g/mol. The van der Waals surface area contributed by atoms with Gasteiger partial charge in [-0.3, -0.25) is 4.79 Å². The summed E-state index contributed by atoms with van der Waals surface area (Å²) in [5, 5.41) is 0. The van der Waals surface area contributed by atoms with E-state index in [1.807, 2.05) is 30.0 Å². The number of rotatable bonds is 5. The van der Waals surface area contributed by atoms with E-state index in [2.05, 4.69) is 11.0 Å². The molecule has 5 heteroatoms. The lowest BCUT2D eigenvalue weighted by atomic mass is 9.99. The quantitative estimate of drug-likeness (QED) is 0.899. The van der Waals surface area contributed by atoms with Crippen LogP contribution < -0.4 is 15.4 Å². The molecule has 2 N–H and O–H groups in total. The van der Waals surface area contributed by atoms with Gasteiger partial charge in [0.1, 0.15) is 5.75 Å². The zero-order valence-corrected chi connectivity index (χ0v) is 14.6. The van der Waals surface area contributed by atoms with Crippen LogP contribution in [-0.4, -0.2) is 49.6 Å². The molecule has 1 saturated heterocycles. The van der Waals surface area contributed by atoms with E-state index in [1.165, 1.54) is 6.42 Å². The summed E-state index contributed by atoms with van der Waals surface area (Å²) in [6.07, 6.45) is 3.96. The second-order valence-electron chi connectivity index (χ2n) is 6.83. The van der Waals surface area contributed by atoms with Crippen molar-refractivity contribution in [2.24, 2.45) is 11.7 Å². The lowest BCUT2D eigenvalue weighted by molar-refractivity contribution is -0.132. The number of amides is 1. The van der Waals surface area contributed by atoms with E-state index in [0.29, 0.717) is 18.9 Å². The molecule has 1 saturated carbocycles. The van der Waals surface area contributed by atoms with Crippen LogP contribution in [0.1, 0.15) is 32.6 Å². The lowest BCUT2D eigenvalue weighted by Gasteiger charge is -2.37. The van der Waals surface area contributed by atoms with Crippen molar-refractivity contribution >= 4 is 11.6 Å². The Kier molecular flexibility index (Phi) is 5.61. The van der Waals surface area contributed by atoms with Crippen LogP contribution in [0.25, 0.3) is 0 Å². The Labute approximate surface area is 144 Å². The van der Waals surface area contributed by atoms with Gasteiger partial charge in [0.25, 0.3) is 0 Å². The van der Waals surface area contributed by atoms with Gasteiger partial charge in [0.05, 0.1) is 12.3 Å². The molecule has 1 heterocycles. The number of carbonyl (C=O) groups is 1. The summed E-state index contributed by atoms with van der Waals surface area (Å²) >= 11 is 0. The number of carbonyl (C=O) groups excluding carboxylic acids is 1. The van der Waals surface area contributed by atoms with Crippen molar-refractivity contribution < 1.29 is 9.53 Å². The van der Waals surface area contributed by atoms with Crippen molar-refractivity contribution in [3.8, 4) is 5.75 Å². The Morgan fingerprint density at radius 2 is 1.96 bits per heavy atom. The van der Waals surface area contributed by atoms with Crippen molar-refractivity contribution in [1.29, 1.82) is 0 Å². The molecule has 132 valence electrons. The standard InChI is InChI=1S/C19H29N3O2/c1-2-24-18-9-4-3-8-17(18)21-10-12-22(13-11-21)19(23)14-15-6-5-7-16(15)20/h3-4,8-9,15-16H,2,5-7,10-14,20H2,1H3/t15-,16+/m0/s1. The summed E-state index contributed by atoms with van der Waals surface area (Å²) in [6, 6.07) is 8.36. The number of piperazine rings is 1. The molecule has 0 bridgehead atoms. The average Bonchev–Trinajstić information content (AvgIpc) is 3.01. The van der Waals surface area contributed by atoms with Crippen molar-refractivity contribution in [1.82, 2.24) is 4.90 Å². The van der Waals surface area contributed by atoms with E-state index in [0.717, 1.165) is 50.5 Å². The first-order valence-electron chi connectivity index (χ1n) is 9.19. The van der Waals surface area contributed by atoms with Gasteiger partial charge < -0.3 is 20.3 Å². The van der Waals surface area contributed by atoms with E-state index in [1.54, 1.807) is 0 Å². The minimum Gasteiger partial charge on any atom is -0.492 e. The summed E-state index contributed by atoms with van der Waals surface area (Å²) in [5.74, 6) is 1.58. The number of anilines is 1. The van der Waals surface area contributed by atoms with E-state index in [4.69, 9.17) is 10.5 Å². The molecule has 1 amide bonds. The maximum Gasteiger partial charge on any atom is 0.223 e. The third kappa shape index (κ3) is 3.83. The number of hydrogen-bond donors (Lipinski definition) is 1. The van der Waals surface area contributed by atoms with E-state index < -0.39 is 0 Å². The maximum atomic E-state index is 12.5. The summed E-state index contributed by atoms with van der Waals surface area (Å²) in [6.45, 7) is 5.93. The van der Waals surface area contributed by atoms with Gasteiger partial charge in [0, 0.05) is 38.6 Å². The third-order valence-corrected chi connectivity index (χ3v) is 5.29. The predicted octanol–water partition coefficient (Wildman–Crippen LogP) is 2.25. The van der Waals surface area contributed by atoms with Gasteiger partial charge in [-0.15, -0.1) is 0 Å². The molecular weight excluding hydrogens is 302 g/mol. The monoisotopic (exact) mass is 331 g/mol. The second-order valence-corrected chi connectivity index (χ2v) is 6.83. The molecule has 1 aliphatic heterocycles. The normalized spacial score (nSPS) is 24.2. The molecule has 0 unspecified atom stereocenters. The third-order valence-electron chi connectivity index (χ3n) is 5.29. The fourth-order valence-corrected chi connectivity index (χ4v) is 3.87. The Bertz CT molecular complexity index is 555. The molecule has 2 fully saturated rings. The first-order chi connectivity index (χ1) is 11.7. The molecule has 0 aromatic heterocycles. The molecule has 3 rings (SSSR count). The maximum absolute atomic E-state index is 12.5. The number of nitrogens with zero attached hydrogens (tertiary/aromatic N) is 2. The topological polar surface area (TPSA) is 58.8 Å². The fourth-order valence-electron chi connectivity index (χ4n) is 3.87. The molecule has 24 heavy (non-hydrogen) atoms. The van der Waals surface area contributed by atoms with Gasteiger partial charge in [-0.2, -0.15) is 0 Å². The van der Waals surface area contributed by atoms with Crippen LogP contribution in [0.15, 0.2) is 24.3 Å². The van der Waals surface area contributed by atoms with Gasteiger partial charge in [-0.1, -0.05) is 18.6 Å². The van der Waals surface area contributed by atoms with Gasteiger partial charge in [0.2, 0.25) is 5.91 Å². The molecule has 2 aliphatic rings. The Morgan fingerprint density at radius 3 is 2.62 bits per heavy atom.